The highest BCUT2D eigenvalue weighted by Gasteiger charge is 2.37. The fourth-order valence-corrected chi connectivity index (χ4v) is 2.96. The van der Waals surface area contributed by atoms with Gasteiger partial charge in [0, 0.05) is 39.9 Å². The van der Waals surface area contributed by atoms with Gasteiger partial charge in [0.05, 0.1) is 11.3 Å². The largest absolute Gasteiger partial charge is 0.349 e. The van der Waals surface area contributed by atoms with Gasteiger partial charge in [-0.25, -0.2) is 4.68 Å². The summed E-state index contributed by atoms with van der Waals surface area (Å²) in [6, 6.07) is 1.32. The maximum Gasteiger partial charge on any atom is 0.277 e. The van der Waals surface area contributed by atoms with Gasteiger partial charge in [-0.15, -0.1) is 0 Å². The van der Waals surface area contributed by atoms with Crippen LogP contribution in [0.5, 0.6) is 0 Å². The fourth-order valence-electron chi connectivity index (χ4n) is 2.96. The van der Waals surface area contributed by atoms with Crippen molar-refractivity contribution in [3.8, 4) is 0 Å². The van der Waals surface area contributed by atoms with Crippen molar-refractivity contribution in [1.29, 1.82) is 0 Å². The number of carbonyl (C=O) groups is 4. The molecule has 2 rings (SSSR count). The average Bonchev–Trinajstić information content (AvgIpc) is 2.57. The molecule has 8 nitrogen and oxygen atoms in total. The molecule has 0 atom stereocenters. The molecule has 8 heteroatoms. The van der Waals surface area contributed by atoms with Crippen LogP contribution in [0.15, 0.2) is 10.9 Å². The van der Waals surface area contributed by atoms with Gasteiger partial charge in [-0.3, -0.25) is 24.0 Å². The van der Waals surface area contributed by atoms with E-state index in [1.165, 1.54) is 11.0 Å². The molecule has 1 saturated carbocycles. The number of hydrogen-bond acceptors (Lipinski definition) is 6. The fraction of sp³-hybridized carbons (Fsp3) is 0.556. The van der Waals surface area contributed by atoms with E-state index in [9.17, 15) is 24.0 Å². The molecule has 1 aliphatic rings. The molecule has 0 bridgehead atoms. The number of carbonyl (C=O) groups excluding carboxylic acids is 4. The summed E-state index contributed by atoms with van der Waals surface area (Å²) in [6.07, 6.45) is 1.43. The summed E-state index contributed by atoms with van der Waals surface area (Å²) in [5, 5.41) is 4.10. The minimum Gasteiger partial charge on any atom is -0.349 e. The van der Waals surface area contributed by atoms with E-state index in [1.54, 1.807) is 21.0 Å². The molecule has 1 amide bonds. The zero-order valence-electron chi connectivity index (χ0n) is 15.3. The number of amides is 1. The molecule has 1 aromatic heterocycles. The molecule has 140 valence electrons. The van der Waals surface area contributed by atoms with Crippen LogP contribution in [0.2, 0.25) is 0 Å². The van der Waals surface area contributed by atoms with E-state index >= 15 is 0 Å². The lowest BCUT2D eigenvalue weighted by Crippen LogP contribution is -2.39. The number of ketones is 3. The highest BCUT2D eigenvalue weighted by Crippen LogP contribution is 2.20. The molecule has 0 N–H and O–H groups in total. The van der Waals surface area contributed by atoms with Gasteiger partial charge in [-0.05, 0) is 25.8 Å². The van der Waals surface area contributed by atoms with Gasteiger partial charge in [0.2, 0.25) is 5.91 Å². The summed E-state index contributed by atoms with van der Waals surface area (Å²) in [5.41, 5.74) is -0.392. The van der Waals surface area contributed by atoms with E-state index in [1.807, 2.05) is 0 Å². The summed E-state index contributed by atoms with van der Waals surface area (Å²) < 4.78 is 1.13. The predicted molar refractivity (Wildman–Crippen MR) is 92.8 cm³/mol. The lowest BCUT2D eigenvalue weighted by Gasteiger charge is -2.18. The third-order valence-corrected chi connectivity index (χ3v) is 4.37. The molecule has 0 radical (unpaired) electrons. The molecule has 0 spiro atoms. The molecular formula is C18H23N3O5. The average molecular weight is 361 g/mol. The van der Waals surface area contributed by atoms with Crippen molar-refractivity contribution < 1.29 is 19.2 Å². The Bertz CT molecular complexity index is 794. The molecule has 1 heterocycles. The number of aromatic nitrogens is 2. The van der Waals surface area contributed by atoms with E-state index in [4.69, 9.17) is 0 Å². The maximum absolute atomic E-state index is 12.7. The van der Waals surface area contributed by atoms with Crippen LogP contribution in [0.3, 0.4) is 0 Å². The highest BCUT2D eigenvalue weighted by molar-refractivity contribution is 6.25. The molecular weight excluding hydrogens is 338 g/mol. The molecule has 0 saturated heterocycles. The third-order valence-electron chi connectivity index (χ3n) is 4.37. The van der Waals surface area contributed by atoms with E-state index in [0.717, 1.165) is 4.68 Å². The van der Waals surface area contributed by atoms with E-state index in [2.05, 4.69) is 5.10 Å². The van der Waals surface area contributed by atoms with Crippen LogP contribution in [0, 0.1) is 12.8 Å². The van der Waals surface area contributed by atoms with Crippen molar-refractivity contribution in [2.45, 2.75) is 45.6 Å². The molecule has 1 aromatic rings. The highest BCUT2D eigenvalue weighted by atomic mass is 16.2. The van der Waals surface area contributed by atoms with E-state index in [0.29, 0.717) is 18.5 Å². The Labute approximate surface area is 151 Å². The van der Waals surface area contributed by atoms with Gasteiger partial charge in [0.15, 0.2) is 17.3 Å². The quantitative estimate of drug-likeness (QED) is 0.541. The van der Waals surface area contributed by atoms with Crippen molar-refractivity contribution in [2.75, 3.05) is 14.1 Å². The number of nitrogens with zero attached hydrogens (tertiary/aromatic N) is 3. The molecule has 26 heavy (non-hydrogen) atoms. The van der Waals surface area contributed by atoms with Crippen LogP contribution < -0.4 is 5.56 Å². The number of Topliss-reactive ketones (excluding diaryl/α,β-unsaturated/α-hetero) is 3. The zero-order chi connectivity index (χ0) is 19.4. The first kappa shape index (κ1) is 19.7. The third kappa shape index (κ3) is 4.30. The van der Waals surface area contributed by atoms with Crippen LogP contribution in [0.1, 0.15) is 48.2 Å². The molecule has 0 unspecified atom stereocenters. The van der Waals surface area contributed by atoms with Crippen molar-refractivity contribution in [3.05, 3.63) is 27.7 Å². The Morgan fingerprint density at radius 1 is 1.19 bits per heavy atom. The van der Waals surface area contributed by atoms with Crippen LogP contribution in [-0.2, 0) is 20.9 Å². The Morgan fingerprint density at radius 2 is 1.81 bits per heavy atom. The second kappa shape index (κ2) is 8.16. The first-order valence-electron chi connectivity index (χ1n) is 8.61. The van der Waals surface area contributed by atoms with Crippen LogP contribution >= 0.6 is 0 Å². The van der Waals surface area contributed by atoms with Gasteiger partial charge in [-0.1, -0.05) is 0 Å². The molecule has 1 aliphatic carbocycles. The minimum atomic E-state index is -1.37. The number of aryl methyl sites for hydroxylation is 2. The summed E-state index contributed by atoms with van der Waals surface area (Å²) in [4.78, 5) is 62.4. The van der Waals surface area contributed by atoms with Crippen LogP contribution in [0.4, 0.5) is 0 Å². The number of hydrogen-bond donors (Lipinski definition) is 0. The first-order valence-corrected chi connectivity index (χ1v) is 8.61. The van der Waals surface area contributed by atoms with E-state index < -0.39 is 28.8 Å². The summed E-state index contributed by atoms with van der Waals surface area (Å²) in [6.45, 7) is 1.80. The minimum absolute atomic E-state index is 0.0691. The monoisotopic (exact) mass is 361 g/mol. The standard InChI is InChI=1S/C18H23N3O5/c1-11-10-12(17(25)16-13(22)6-4-7-14(16)23)18(26)21(19-11)9-5-8-15(24)20(2)3/h10,16H,4-9H2,1-3H3. The molecule has 0 aromatic carbocycles. The Balaban J connectivity index is 2.24. The van der Waals surface area contributed by atoms with Crippen LogP contribution in [0.25, 0.3) is 0 Å². The topological polar surface area (TPSA) is 106 Å². The lowest BCUT2D eigenvalue weighted by atomic mass is 9.82. The van der Waals surface area contributed by atoms with Crippen molar-refractivity contribution in [1.82, 2.24) is 14.7 Å². The summed E-state index contributed by atoms with van der Waals surface area (Å²) in [5.74, 6) is -3.04. The summed E-state index contributed by atoms with van der Waals surface area (Å²) in [7, 11) is 3.29. The molecule has 0 aliphatic heterocycles. The van der Waals surface area contributed by atoms with Gasteiger partial charge < -0.3 is 4.90 Å². The SMILES string of the molecule is Cc1cc(C(=O)C2C(=O)CCCC2=O)c(=O)n(CCCC(=O)N(C)C)n1. The van der Waals surface area contributed by atoms with Gasteiger partial charge in [0.1, 0.15) is 5.92 Å². The Morgan fingerprint density at radius 3 is 2.38 bits per heavy atom. The van der Waals surface area contributed by atoms with Crippen molar-refractivity contribution in [3.63, 3.8) is 0 Å². The first-order chi connectivity index (χ1) is 12.2. The number of rotatable bonds is 6. The smallest absolute Gasteiger partial charge is 0.277 e. The normalized spacial score (nSPS) is 15.2. The second-order valence-corrected chi connectivity index (χ2v) is 6.70. The zero-order valence-corrected chi connectivity index (χ0v) is 15.3. The van der Waals surface area contributed by atoms with Crippen molar-refractivity contribution in [2.24, 2.45) is 5.92 Å². The Hall–Kier alpha value is -2.64. The van der Waals surface area contributed by atoms with Gasteiger partial charge in [0.25, 0.3) is 5.56 Å². The maximum atomic E-state index is 12.7. The van der Waals surface area contributed by atoms with Gasteiger partial charge in [-0.2, -0.15) is 5.10 Å². The Kier molecular flexibility index (Phi) is 6.18. The summed E-state index contributed by atoms with van der Waals surface area (Å²) >= 11 is 0. The predicted octanol–water partition coefficient (Wildman–Crippen LogP) is 0.541. The van der Waals surface area contributed by atoms with E-state index in [-0.39, 0.29) is 37.3 Å². The second-order valence-electron chi connectivity index (χ2n) is 6.70. The van der Waals surface area contributed by atoms with Crippen LogP contribution in [-0.4, -0.2) is 52.0 Å². The molecule has 1 fully saturated rings. The lowest BCUT2D eigenvalue weighted by molar-refractivity contribution is -0.133. The van der Waals surface area contributed by atoms with Gasteiger partial charge >= 0.3 is 0 Å². The van der Waals surface area contributed by atoms with Crippen molar-refractivity contribution >= 4 is 23.3 Å².